The molecular formula is C15H15Cl2NO3. The molecule has 0 aromatic heterocycles. The molecule has 21 heavy (non-hydrogen) atoms. The van der Waals surface area contributed by atoms with Gasteiger partial charge < -0.3 is 10.4 Å². The lowest BCUT2D eigenvalue weighted by Crippen LogP contribution is -2.53. The van der Waals surface area contributed by atoms with E-state index in [0.29, 0.717) is 15.6 Å². The first kappa shape index (κ1) is 15.9. The molecule has 112 valence electrons. The average molecular weight is 328 g/mol. The van der Waals surface area contributed by atoms with E-state index in [1.54, 1.807) is 18.2 Å². The first-order valence-corrected chi connectivity index (χ1v) is 7.27. The Balaban J connectivity index is 2.07. The third-order valence-electron chi connectivity index (χ3n) is 3.60. The predicted molar refractivity (Wildman–Crippen MR) is 82.4 cm³/mol. The Kier molecular flexibility index (Phi) is 4.59. The van der Waals surface area contributed by atoms with E-state index in [1.165, 1.54) is 19.1 Å². The van der Waals surface area contributed by atoms with Crippen molar-refractivity contribution in [2.45, 2.75) is 25.3 Å². The van der Waals surface area contributed by atoms with Gasteiger partial charge in [0.15, 0.2) is 0 Å². The van der Waals surface area contributed by atoms with Crippen molar-refractivity contribution in [3.05, 3.63) is 39.9 Å². The maximum atomic E-state index is 11.9. The van der Waals surface area contributed by atoms with Crippen molar-refractivity contribution in [2.24, 2.45) is 5.92 Å². The minimum absolute atomic E-state index is 0.00790. The lowest BCUT2D eigenvalue weighted by molar-refractivity contribution is -0.147. The highest BCUT2D eigenvalue weighted by Crippen LogP contribution is 2.39. The first-order valence-electron chi connectivity index (χ1n) is 6.51. The molecule has 1 saturated carbocycles. The van der Waals surface area contributed by atoms with Crippen molar-refractivity contribution in [1.82, 2.24) is 5.32 Å². The van der Waals surface area contributed by atoms with E-state index in [4.69, 9.17) is 23.2 Å². The van der Waals surface area contributed by atoms with Crippen molar-refractivity contribution < 1.29 is 14.7 Å². The smallest absolute Gasteiger partial charge is 0.329 e. The number of carboxylic acids is 1. The van der Waals surface area contributed by atoms with E-state index >= 15 is 0 Å². The number of carboxylic acid groups (broad SMARTS) is 1. The minimum atomic E-state index is -1.22. The number of hydrogen-bond donors (Lipinski definition) is 2. The monoisotopic (exact) mass is 327 g/mol. The van der Waals surface area contributed by atoms with Gasteiger partial charge in [0.25, 0.3) is 0 Å². The van der Waals surface area contributed by atoms with Gasteiger partial charge in [0.2, 0.25) is 5.91 Å². The third kappa shape index (κ3) is 3.77. The van der Waals surface area contributed by atoms with Crippen molar-refractivity contribution in [3.8, 4) is 0 Å². The van der Waals surface area contributed by atoms with Crippen LogP contribution in [0.15, 0.2) is 24.3 Å². The number of aliphatic carboxylic acids is 1. The van der Waals surface area contributed by atoms with Crippen LogP contribution in [-0.4, -0.2) is 22.5 Å². The second-order valence-corrected chi connectivity index (χ2v) is 6.11. The van der Waals surface area contributed by atoms with Crippen LogP contribution in [0.1, 0.15) is 25.3 Å². The number of nitrogens with one attached hydrogen (secondary N) is 1. The van der Waals surface area contributed by atoms with Gasteiger partial charge in [-0.1, -0.05) is 29.3 Å². The molecule has 0 saturated heterocycles. The average Bonchev–Trinajstić information content (AvgIpc) is 3.21. The fraction of sp³-hybridized carbons (Fsp3) is 0.333. The van der Waals surface area contributed by atoms with Crippen LogP contribution in [0.2, 0.25) is 10.0 Å². The molecule has 0 spiro atoms. The molecule has 6 heteroatoms. The molecule has 1 atom stereocenters. The Bertz CT molecular complexity index is 611. The molecule has 1 fully saturated rings. The summed E-state index contributed by atoms with van der Waals surface area (Å²) in [5.74, 6) is -1.49. The molecule has 0 heterocycles. The minimum Gasteiger partial charge on any atom is -0.480 e. The normalized spacial score (nSPS) is 17.5. The molecule has 1 amide bonds. The zero-order chi connectivity index (χ0) is 15.6. The molecular weight excluding hydrogens is 313 g/mol. The van der Waals surface area contributed by atoms with Crippen LogP contribution in [0.5, 0.6) is 0 Å². The number of hydrogen-bond acceptors (Lipinski definition) is 2. The Labute approximate surface area is 132 Å². The van der Waals surface area contributed by atoms with E-state index in [1.807, 2.05) is 0 Å². The van der Waals surface area contributed by atoms with E-state index < -0.39 is 17.4 Å². The number of carbonyl (C=O) groups excluding carboxylic acids is 1. The van der Waals surface area contributed by atoms with Crippen molar-refractivity contribution in [1.29, 1.82) is 0 Å². The van der Waals surface area contributed by atoms with Gasteiger partial charge in [-0.2, -0.15) is 0 Å². The highest BCUT2D eigenvalue weighted by atomic mass is 35.5. The Morgan fingerprint density at radius 1 is 1.38 bits per heavy atom. The highest BCUT2D eigenvalue weighted by molar-refractivity contribution is 6.35. The van der Waals surface area contributed by atoms with E-state index in [9.17, 15) is 14.7 Å². The van der Waals surface area contributed by atoms with Gasteiger partial charge >= 0.3 is 5.97 Å². The van der Waals surface area contributed by atoms with Gasteiger partial charge in [0.05, 0.1) is 0 Å². The number of benzene rings is 1. The summed E-state index contributed by atoms with van der Waals surface area (Å²) in [5.41, 5.74) is -0.578. The van der Waals surface area contributed by atoms with E-state index in [0.717, 1.165) is 12.8 Å². The topological polar surface area (TPSA) is 66.4 Å². The molecule has 0 radical (unpaired) electrons. The Hall–Kier alpha value is -1.52. The summed E-state index contributed by atoms with van der Waals surface area (Å²) in [4.78, 5) is 23.2. The number of carbonyl (C=O) groups is 2. The molecule has 1 aliphatic rings. The summed E-state index contributed by atoms with van der Waals surface area (Å²) in [5, 5.41) is 12.8. The number of halogens is 2. The summed E-state index contributed by atoms with van der Waals surface area (Å²) in [6, 6.07) is 4.93. The van der Waals surface area contributed by atoms with Gasteiger partial charge in [-0.25, -0.2) is 4.79 Å². The SMILES string of the molecule is CC(NC(=O)/C=C/c1ccc(Cl)cc1Cl)(C(=O)O)C1CC1. The van der Waals surface area contributed by atoms with Gasteiger partial charge in [-0.05, 0) is 49.5 Å². The highest BCUT2D eigenvalue weighted by Gasteiger charge is 2.48. The molecule has 1 aromatic carbocycles. The van der Waals surface area contributed by atoms with Gasteiger partial charge in [0.1, 0.15) is 5.54 Å². The molecule has 4 nitrogen and oxygen atoms in total. The Morgan fingerprint density at radius 3 is 2.57 bits per heavy atom. The van der Waals surface area contributed by atoms with Crippen molar-refractivity contribution in [2.75, 3.05) is 0 Å². The molecule has 0 aliphatic heterocycles. The standard InChI is InChI=1S/C15H15Cl2NO3/c1-15(14(20)21,10-4-5-10)18-13(19)7-3-9-2-6-11(16)8-12(9)17/h2-3,6-8,10H,4-5H2,1H3,(H,18,19)(H,20,21)/b7-3+. The van der Waals surface area contributed by atoms with Crippen molar-refractivity contribution >= 4 is 41.2 Å². The zero-order valence-electron chi connectivity index (χ0n) is 11.4. The summed E-state index contributed by atoms with van der Waals surface area (Å²) in [6.07, 6.45) is 4.44. The maximum absolute atomic E-state index is 11.9. The van der Waals surface area contributed by atoms with Crippen LogP contribution < -0.4 is 5.32 Å². The van der Waals surface area contributed by atoms with Gasteiger partial charge in [-0.15, -0.1) is 0 Å². The number of amides is 1. The predicted octanol–water partition coefficient (Wildman–Crippen LogP) is 3.38. The molecule has 0 bridgehead atoms. The zero-order valence-corrected chi connectivity index (χ0v) is 12.9. The third-order valence-corrected chi connectivity index (χ3v) is 4.16. The lowest BCUT2D eigenvalue weighted by atomic mass is 9.96. The summed E-state index contributed by atoms with van der Waals surface area (Å²) >= 11 is 11.8. The second-order valence-electron chi connectivity index (χ2n) is 5.27. The fourth-order valence-electron chi connectivity index (χ4n) is 2.09. The summed E-state index contributed by atoms with van der Waals surface area (Å²) in [6.45, 7) is 1.54. The van der Waals surface area contributed by atoms with Gasteiger partial charge in [-0.3, -0.25) is 4.79 Å². The van der Waals surface area contributed by atoms with Crippen LogP contribution in [0, 0.1) is 5.92 Å². The quantitative estimate of drug-likeness (QED) is 0.815. The van der Waals surface area contributed by atoms with Crippen LogP contribution in [0.3, 0.4) is 0 Å². The maximum Gasteiger partial charge on any atom is 0.329 e. The van der Waals surface area contributed by atoms with Crippen LogP contribution in [0.25, 0.3) is 6.08 Å². The fourth-order valence-corrected chi connectivity index (χ4v) is 2.56. The molecule has 2 rings (SSSR count). The van der Waals surface area contributed by atoms with E-state index in [-0.39, 0.29) is 5.92 Å². The summed E-state index contributed by atoms with van der Waals surface area (Å²) in [7, 11) is 0. The van der Waals surface area contributed by atoms with Crippen LogP contribution in [-0.2, 0) is 9.59 Å². The van der Waals surface area contributed by atoms with Crippen LogP contribution in [0.4, 0.5) is 0 Å². The second kappa shape index (κ2) is 6.08. The molecule has 1 unspecified atom stereocenters. The summed E-state index contributed by atoms with van der Waals surface area (Å²) < 4.78 is 0. The lowest BCUT2D eigenvalue weighted by Gasteiger charge is -2.25. The Morgan fingerprint density at radius 2 is 2.05 bits per heavy atom. The molecule has 1 aromatic rings. The van der Waals surface area contributed by atoms with Crippen molar-refractivity contribution in [3.63, 3.8) is 0 Å². The van der Waals surface area contributed by atoms with Crippen LogP contribution >= 0.6 is 23.2 Å². The van der Waals surface area contributed by atoms with E-state index in [2.05, 4.69) is 5.32 Å². The molecule has 2 N–H and O–H groups in total. The number of rotatable bonds is 5. The van der Waals surface area contributed by atoms with Gasteiger partial charge in [0, 0.05) is 16.1 Å². The first-order chi connectivity index (χ1) is 9.83. The molecule has 1 aliphatic carbocycles. The largest absolute Gasteiger partial charge is 0.480 e.